The number of nitrogens with one attached hydrogen (secondary N) is 1. The number of amides is 1. The first-order chi connectivity index (χ1) is 25.0. The Kier molecular flexibility index (Phi) is 11.5. The zero-order valence-corrected chi connectivity index (χ0v) is 28.5. The van der Waals surface area contributed by atoms with Crippen molar-refractivity contribution in [3.05, 3.63) is 166 Å². The van der Waals surface area contributed by atoms with Gasteiger partial charge in [-0.25, -0.2) is 22.0 Å². The van der Waals surface area contributed by atoms with Crippen molar-refractivity contribution in [1.29, 1.82) is 0 Å². The van der Waals surface area contributed by atoms with E-state index in [-0.39, 0.29) is 31.4 Å². The van der Waals surface area contributed by atoms with Gasteiger partial charge in [0.2, 0.25) is 5.82 Å². The second-order valence-electron chi connectivity index (χ2n) is 12.8. The van der Waals surface area contributed by atoms with E-state index in [9.17, 15) is 31.9 Å². The zero-order valence-electron chi connectivity index (χ0n) is 28.5. The summed E-state index contributed by atoms with van der Waals surface area (Å²) < 4.78 is 82.5. The standard InChI is InChI=1S/C41H37F5N2O4/c1-24(26-8-4-3-5-9-26)48(2)22-31-20-33(28-14-12-25(23-49)13-15-28)52-41(51-31)29-18-16-27(17-19-29)32-11-7-6-10-30(32)21-47-40(50)34-35(42)37(44)39(46)38(45)36(34)43/h3-19,24,31,33,41,49H,20-23H2,1-2H3,(H,47,50)/t24-,31+,33-,41-/m0/s1. The summed E-state index contributed by atoms with van der Waals surface area (Å²) in [6.45, 7) is 2.48. The summed E-state index contributed by atoms with van der Waals surface area (Å²) in [4.78, 5) is 14.9. The fraction of sp³-hybridized carbons (Fsp3) is 0.244. The minimum atomic E-state index is -2.34. The van der Waals surface area contributed by atoms with E-state index >= 15 is 0 Å². The summed E-state index contributed by atoms with van der Waals surface area (Å²) in [5.41, 5.74) is 4.13. The molecule has 0 aromatic heterocycles. The van der Waals surface area contributed by atoms with E-state index in [2.05, 4.69) is 36.3 Å². The van der Waals surface area contributed by atoms with Gasteiger partial charge in [0.15, 0.2) is 29.6 Å². The Bertz CT molecular complexity index is 1980. The van der Waals surface area contributed by atoms with Crippen molar-refractivity contribution in [3.8, 4) is 11.1 Å². The van der Waals surface area contributed by atoms with Crippen molar-refractivity contribution in [2.45, 2.75) is 51.0 Å². The van der Waals surface area contributed by atoms with Crippen LogP contribution in [0.3, 0.4) is 0 Å². The van der Waals surface area contributed by atoms with E-state index in [1.165, 1.54) is 5.56 Å². The van der Waals surface area contributed by atoms with Crippen LogP contribution in [-0.4, -0.2) is 35.6 Å². The number of carbonyl (C=O) groups is 1. The smallest absolute Gasteiger partial charge is 0.257 e. The van der Waals surface area contributed by atoms with Gasteiger partial charge in [-0.3, -0.25) is 9.69 Å². The van der Waals surface area contributed by atoms with Crippen LogP contribution in [0.4, 0.5) is 22.0 Å². The Morgan fingerprint density at radius 3 is 2.04 bits per heavy atom. The first-order valence-corrected chi connectivity index (χ1v) is 16.8. The first kappa shape index (κ1) is 36.8. The highest BCUT2D eigenvalue weighted by atomic mass is 19.2. The fourth-order valence-electron chi connectivity index (χ4n) is 6.34. The van der Waals surface area contributed by atoms with Gasteiger partial charge in [-0.2, -0.15) is 0 Å². The van der Waals surface area contributed by atoms with Crippen LogP contribution in [0.15, 0.2) is 103 Å². The molecule has 6 nitrogen and oxygen atoms in total. The molecular formula is C41H37F5N2O4. The number of hydrogen-bond donors (Lipinski definition) is 2. The van der Waals surface area contributed by atoms with E-state index in [0.29, 0.717) is 24.1 Å². The molecule has 2 N–H and O–H groups in total. The van der Waals surface area contributed by atoms with Gasteiger partial charge < -0.3 is 19.9 Å². The minimum Gasteiger partial charge on any atom is -0.392 e. The van der Waals surface area contributed by atoms with Crippen molar-refractivity contribution in [2.24, 2.45) is 0 Å². The third-order valence-corrected chi connectivity index (χ3v) is 9.44. The predicted octanol–water partition coefficient (Wildman–Crippen LogP) is 8.71. The second-order valence-corrected chi connectivity index (χ2v) is 12.8. The summed E-state index contributed by atoms with van der Waals surface area (Å²) in [5, 5.41) is 11.8. The average molecular weight is 717 g/mol. The second kappa shape index (κ2) is 16.2. The summed E-state index contributed by atoms with van der Waals surface area (Å²) >= 11 is 0. The predicted molar refractivity (Wildman–Crippen MR) is 185 cm³/mol. The van der Waals surface area contributed by atoms with Gasteiger partial charge in [0.1, 0.15) is 5.56 Å². The molecule has 0 unspecified atom stereocenters. The molecule has 0 radical (unpaired) electrons. The summed E-state index contributed by atoms with van der Waals surface area (Å²) in [6.07, 6.45) is -0.548. The summed E-state index contributed by atoms with van der Waals surface area (Å²) in [5.74, 6) is -12.6. The first-order valence-electron chi connectivity index (χ1n) is 16.8. The number of halogens is 5. The third kappa shape index (κ3) is 7.93. The lowest BCUT2D eigenvalue weighted by atomic mass is 9.97. The van der Waals surface area contributed by atoms with Crippen molar-refractivity contribution in [1.82, 2.24) is 10.2 Å². The Morgan fingerprint density at radius 1 is 0.788 bits per heavy atom. The highest BCUT2D eigenvalue weighted by Gasteiger charge is 2.34. The van der Waals surface area contributed by atoms with Gasteiger partial charge in [0.05, 0.1) is 18.8 Å². The van der Waals surface area contributed by atoms with Gasteiger partial charge in [-0.05, 0) is 47.4 Å². The minimum absolute atomic E-state index is 0.0600. The number of likely N-dealkylation sites (N-methyl/N-ethyl adjacent to an activating group) is 1. The van der Waals surface area contributed by atoms with Crippen LogP contribution in [0.1, 0.15) is 70.0 Å². The lowest BCUT2D eigenvalue weighted by Gasteiger charge is -2.39. The molecule has 11 heteroatoms. The van der Waals surface area contributed by atoms with Crippen LogP contribution in [-0.2, 0) is 22.6 Å². The molecule has 0 bridgehead atoms. The monoisotopic (exact) mass is 716 g/mol. The summed E-state index contributed by atoms with van der Waals surface area (Å²) in [6, 6.07) is 32.4. The number of aliphatic hydroxyl groups is 1. The number of rotatable bonds is 11. The van der Waals surface area contributed by atoms with Gasteiger partial charge in [-0.1, -0.05) is 103 Å². The Labute approximate surface area is 298 Å². The third-order valence-electron chi connectivity index (χ3n) is 9.44. The molecule has 1 aliphatic rings. The van der Waals surface area contributed by atoms with Crippen molar-refractivity contribution < 1.29 is 41.3 Å². The lowest BCUT2D eigenvalue weighted by Crippen LogP contribution is -2.38. The maximum Gasteiger partial charge on any atom is 0.257 e. The topological polar surface area (TPSA) is 71.0 Å². The number of benzene rings is 5. The zero-order chi connectivity index (χ0) is 36.9. The van der Waals surface area contributed by atoms with Crippen LogP contribution in [0.25, 0.3) is 11.1 Å². The summed E-state index contributed by atoms with van der Waals surface area (Å²) in [7, 11) is 2.06. The van der Waals surface area contributed by atoms with Crippen LogP contribution in [0.5, 0.6) is 0 Å². The molecule has 1 amide bonds. The van der Waals surface area contributed by atoms with Crippen LogP contribution in [0, 0.1) is 29.1 Å². The fourth-order valence-corrected chi connectivity index (χ4v) is 6.34. The molecular weight excluding hydrogens is 679 g/mol. The molecule has 1 fully saturated rings. The molecule has 1 aliphatic heterocycles. The highest BCUT2D eigenvalue weighted by molar-refractivity contribution is 5.95. The molecule has 270 valence electrons. The van der Waals surface area contributed by atoms with Crippen molar-refractivity contribution in [3.63, 3.8) is 0 Å². The largest absolute Gasteiger partial charge is 0.392 e. The van der Waals surface area contributed by atoms with Crippen LogP contribution < -0.4 is 5.32 Å². The molecule has 0 aliphatic carbocycles. The molecule has 52 heavy (non-hydrogen) atoms. The quantitative estimate of drug-likeness (QED) is 0.0814. The molecule has 5 aromatic carbocycles. The van der Waals surface area contributed by atoms with Gasteiger partial charge in [0, 0.05) is 31.1 Å². The molecule has 6 rings (SSSR count). The molecule has 4 atom stereocenters. The van der Waals surface area contributed by atoms with E-state index in [4.69, 9.17) is 9.47 Å². The van der Waals surface area contributed by atoms with Crippen LogP contribution in [0.2, 0.25) is 0 Å². The molecule has 1 saturated heterocycles. The Morgan fingerprint density at radius 2 is 1.38 bits per heavy atom. The maximum atomic E-state index is 14.2. The maximum absolute atomic E-state index is 14.2. The number of carbonyl (C=O) groups excluding carboxylic acids is 1. The molecule has 0 spiro atoms. The number of aliphatic hydroxyl groups excluding tert-OH is 1. The van der Waals surface area contributed by atoms with Gasteiger partial charge in [0.25, 0.3) is 5.91 Å². The van der Waals surface area contributed by atoms with Crippen molar-refractivity contribution in [2.75, 3.05) is 13.6 Å². The van der Waals surface area contributed by atoms with Crippen LogP contribution >= 0.6 is 0 Å². The highest BCUT2D eigenvalue weighted by Crippen LogP contribution is 2.39. The van der Waals surface area contributed by atoms with E-state index in [0.717, 1.165) is 22.3 Å². The number of nitrogens with zero attached hydrogens (tertiary/aromatic N) is 1. The average Bonchev–Trinajstić information content (AvgIpc) is 3.18. The van der Waals surface area contributed by atoms with Gasteiger partial charge in [-0.15, -0.1) is 0 Å². The molecule has 0 saturated carbocycles. The number of hydrogen-bond acceptors (Lipinski definition) is 5. The van der Waals surface area contributed by atoms with E-state index in [1.54, 1.807) is 24.3 Å². The normalized spacial score (nSPS) is 18.0. The van der Waals surface area contributed by atoms with E-state index < -0.39 is 46.8 Å². The molecule has 1 heterocycles. The Hall–Kier alpha value is -4.94. The van der Waals surface area contributed by atoms with Gasteiger partial charge >= 0.3 is 0 Å². The Balaban J connectivity index is 1.20. The lowest BCUT2D eigenvalue weighted by molar-refractivity contribution is -0.253. The number of ether oxygens (including phenoxy) is 2. The SMILES string of the molecule is C[C@@H](c1ccccc1)N(C)C[C@H]1C[C@@H](c2ccc(CO)cc2)O[C@@H](c2ccc(-c3ccccc3CNC(=O)c3c(F)c(F)c(F)c(F)c3F)cc2)O1. The van der Waals surface area contributed by atoms with Crippen molar-refractivity contribution >= 4 is 5.91 Å². The molecule has 5 aromatic rings. The van der Waals surface area contributed by atoms with E-state index in [1.807, 2.05) is 66.7 Å².